The minimum Gasteiger partial charge on any atom is -1.00 e. The summed E-state index contributed by atoms with van der Waals surface area (Å²) in [7, 11) is -5.78. The first-order valence-corrected chi connectivity index (χ1v) is 47.4. The van der Waals surface area contributed by atoms with E-state index in [4.69, 9.17) is 4.79 Å². The molecule has 547 valence electrons. The van der Waals surface area contributed by atoms with Gasteiger partial charge < -0.3 is 50.9 Å². The van der Waals surface area contributed by atoms with Crippen LogP contribution in [0.1, 0.15) is 60.8 Å². The summed E-state index contributed by atoms with van der Waals surface area (Å²) in [6.07, 6.45) is 15.1. The van der Waals surface area contributed by atoms with Gasteiger partial charge in [-0.3, -0.25) is 4.79 Å². The van der Waals surface area contributed by atoms with Gasteiger partial charge in [-0.25, -0.2) is 0 Å². The number of carbonyl (C=O) groups excluding carboxylic acids is 1. The van der Waals surface area contributed by atoms with Gasteiger partial charge in [0.15, 0.2) is 0 Å². The molecule has 0 aliphatic carbocycles. The van der Waals surface area contributed by atoms with Crippen molar-refractivity contribution in [2.24, 2.45) is 17.8 Å². The summed E-state index contributed by atoms with van der Waals surface area (Å²) in [5.41, 5.74) is 0. The molecule has 0 bridgehead atoms. The molecule has 0 amide bonds. The molecular weight excluding hydrogens is 1670 g/mol. The van der Waals surface area contributed by atoms with Crippen LogP contribution in [0, 0.1) is 17.8 Å². The Labute approximate surface area is 682 Å². The van der Waals surface area contributed by atoms with Gasteiger partial charge in [0.25, 0.3) is 6.79 Å². The second-order valence-corrected chi connectivity index (χ2v) is 45.9. The fourth-order valence-electron chi connectivity index (χ4n) is 13.7. The van der Waals surface area contributed by atoms with Crippen molar-refractivity contribution >= 4 is 116 Å². The molecule has 0 fully saturated rings. The van der Waals surface area contributed by atoms with E-state index < -0.39 is 45.6 Å². The SMILES string of the molecule is CC(C)CC[P+](CCP(c1ccccc1)c1ccccc1)(c1ccccc1)c1ccccc1.CC(C)CC[P+](CCP(c1ccccc1)c1ccccc1)(c1ccccc1)c1ccccc1.CC(C)CC[P+](CCP(c1ccccc1)c1ccccc1)(c1ccccc1)c1ccccc1.[Br-].[Br-].[Br-].[C]=O.[Rh]. The van der Waals surface area contributed by atoms with Crippen molar-refractivity contribution in [2.45, 2.75) is 60.8 Å². The van der Waals surface area contributed by atoms with Crippen molar-refractivity contribution in [3.63, 3.8) is 0 Å². The molecule has 0 aliphatic rings. The first-order valence-electron chi connectivity index (χ1n) is 36.4. The van der Waals surface area contributed by atoms with Crippen molar-refractivity contribution < 1.29 is 75.2 Å². The minimum absolute atomic E-state index is 0. The molecule has 12 aromatic carbocycles. The quantitative estimate of drug-likeness (QED) is 0.0324. The van der Waals surface area contributed by atoms with Crippen LogP contribution in [-0.4, -0.2) is 62.2 Å². The van der Waals surface area contributed by atoms with Gasteiger partial charge >= 0.3 is 0 Å². The van der Waals surface area contributed by atoms with Gasteiger partial charge in [0.2, 0.25) is 0 Å². The standard InChI is InChI=1S/3C31H35P2.CO.3BrH.Rh/c3*1-27(2)23-25-33(30-19-11-5-12-20-30,31-21-13-6-14-22-31)26-24-32(28-15-7-3-8-16-28)29-17-9-4-10-18-29;1-2;;;;/h3*3-22,27H,23-26H2,1-2H3;;3*1H;/q3*+1;;;;;/p-3. The molecule has 12 rings (SSSR count). The van der Waals surface area contributed by atoms with Crippen molar-refractivity contribution in [2.75, 3.05) is 55.5 Å². The molecule has 0 spiro atoms. The van der Waals surface area contributed by atoms with Crippen molar-refractivity contribution in [3.8, 4) is 0 Å². The third-order valence-electron chi connectivity index (χ3n) is 19.3. The summed E-state index contributed by atoms with van der Waals surface area (Å²) in [5, 5.41) is 18.3. The molecule has 0 unspecified atom stereocenters. The van der Waals surface area contributed by atoms with Gasteiger partial charge in [-0.15, -0.1) is 0 Å². The summed E-state index contributed by atoms with van der Waals surface area (Å²) in [6, 6.07) is 136. The Morgan fingerprint density at radius 2 is 0.343 bits per heavy atom. The van der Waals surface area contributed by atoms with Crippen LogP contribution >= 0.6 is 45.6 Å². The maximum atomic E-state index is 7.50. The molecule has 0 atom stereocenters. The topological polar surface area (TPSA) is 17.1 Å². The van der Waals surface area contributed by atoms with E-state index >= 15 is 0 Å². The second kappa shape index (κ2) is 49.2. The molecule has 0 N–H and O–H groups in total. The summed E-state index contributed by atoms with van der Waals surface area (Å²) in [6.45, 7) is 18.7. The van der Waals surface area contributed by atoms with E-state index in [-0.39, 0.29) is 70.4 Å². The van der Waals surface area contributed by atoms with Crippen LogP contribution in [-0.2, 0) is 24.3 Å². The predicted molar refractivity (Wildman–Crippen MR) is 462 cm³/mol. The Morgan fingerprint density at radius 1 is 0.219 bits per heavy atom. The maximum absolute atomic E-state index is 7.50. The average Bonchev–Trinajstić information content (AvgIpc) is 0.789. The van der Waals surface area contributed by atoms with Crippen LogP contribution in [0.3, 0.4) is 0 Å². The number of rotatable bonds is 30. The van der Waals surface area contributed by atoms with Crippen LogP contribution in [0.4, 0.5) is 0 Å². The zero-order valence-electron chi connectivity index (χ0n) is 61.9. The number of benzene rings is 12. The van der Waals surface area contributed by atoms with Crippen molar-refractivity contribution in [3.05, 3.63) is 364 Å². The Morgan fingerprint density at radius 3 is 0.467 bits per heavy atom. The number of hydrogen-bond donors (Lipinski definition) is 0. The second-order valence-electron chi connectivity index (χ2n) is 27.3. The summed E-state index contributed by atoms with van der Waals surface area (Å²) in [4.78, 5) is 7.50. The van der Waals surface area contributed by atoms with Crippen LogP contribution in [0.5, 0.6) is 0 Å². The molecule has 105 heavy (non-hydrogen) atoms. The maximum Gasteiger partial charge on any atom is 0.281 e. The molecule has 3 radical (unpaired) electrons. The van der Waals surface area contributed by atoms with Crippen LogP contribution in [0.15, 0.2) is 364 Å². The van der Waals surface area contributed by atoms with Crippen LogP contribution in [0.25, 0.3) is 0 Å². The Hall–Kier alpha value is -5.05. The number of halogens is 3. The van der Waals surface area contributed by atoms with Crippen LogP contribution < -0.4 is 115 Å². The van der Waals surface area contributed by atoms with E-state index in [0.29, 0.717) is 17.8 Å². The third kappa shape index (κ3) is 26.6. The molecule has 0 aliphatic heterocycles. The molecule has 0 aromatic heterocycles. The van der Waals surface area contributed by atoms with E-state index in [0.717, 1.165) is 0 Å². The fraction of sp³-hybridized carbons (Fsp3) is 0.223. The molecule has 1 nitrogen and oxygen atoms in total. The van der Waals surface area contributed by atoms with Gasteiger partial charge in [0.05, 0.1) is 90.6 Å². The first kappa shape index (κ1) is 90.6. The summed E-state index contributed by atoms with van der Waals surface area (Å²) < 4.78 is 0. The largest absolute Gasteiger partial charge is 1.00 e. The zero-order chi connectivity index (χ0) is 70.8. The molecule has 0 saturated heterocycles. The minimum atomic E-state index is -1.53. The zero-order valence-corrected chi connectivity index (χ0v) is 73.7. The summed E-state index contributed by atoms with van der Waals surface area (Å²) >= 11 is 0. The molecular formula is C94H105Br3OP6Rh. The average molecular weight is 1780 g/mol. The first-order chi connectivity index (χ1) is 49.6. The van der Waals surface area contributed by atoms with E-state index in [1.807, 2.05) is 0 Å². The Kier molecular flexibility index (Phi) is 42.4. The molecule has 11 heteroatoms. The smallest absolute Gasteiger partial charge is 0.281 e. The molecule has 0 heterocycles. The van der Waals surface area contributed by atoms with Crippen molar-refractivity contribution in [1.82, 2.24) is 0 Å². The van der Waals surface area contributed by atoms with Gasteiger partial charge in [-0.1, -0.05) is 333 Å². The normalized spacial score (nSPS) is 11.1. The monoisotopic (exact) mass is 1780 g/mol. The van der Waals surface area contributed by atoms with Gasteiger partial charge in [0, 0.05) is 38.0 Å². The van der Waals surface area contributed by atoms with Crippen molar-refractivity contribution in [1.29, 1.82) is 0 Å². The van der Waals surface area contributed by atoms with E-state index in [9.17, 15) is 0 Å². The fourth-order valence-corrected chi connectivity index (χ4v) is 37.9. The van der Waals surface area contributed by atoms with Gasteiger partial charge in [-0.05, 0) is 165 Å². The summed E-state index contributed by atoms with van der Waals surface area (Å²) in [5.74, 6) is 2.13. The Balaban J connectivity index is 0.000000274. The molecule has 12 aromatic rings. The predicted octanol–water partition coefficient (Wildman–Crippen LogP) is 11.1. The van der Waals surface area contributed by atoms with Gasteiger partial charge in [-0.2, -0.15) is 0 Å². The molecule has 0 saturated carbocycles. The Bertz CT molecular complexity index is 3480. The van der Waals surface area contributed by atoms with E-state index in [2.05, 4.69) is 412 Å². The van der Waals surface area contributed by atoms with E-state index in [1.54, 1.807) is 31.8 Å². The number of hydrogen-bond acceptors (Lipinski definition) is 1. The third-order valence-corrected chi connectivity index (χ3v) is 41.6. The van der Waals surface area contributed by atoms with Crippen LogP contribution in [0.2, 0.25) is 0 Å². The van der Waals surface area contributed by atoms with E-state index in [1.165, 1.54) is 107 Å². The van der Waals surface area contributed by atoms with Gasteiger partial charge in [0.1, 0.15) is 0 Å².